The summed E-state index contributed by atoms with van der Waals surface area (Å²) < 4.78 is 3.87. The molecule has 1 aliphatic heterocycles. The number of fused-ring (bicyclic) bond motifs is 1. The van der Waals surface area contributed by atoms with Crippen LogP contribution < -0.4 is 0 Å². The minimum absolute atomic E-state index is 0.220. The highest BCUT2D eigenvalue weighted by Gasteiger charge is 2.19. The predicted octanol–water partition coefficient (Wildman–Crippen LogP) is 0.725. The van der Waals surface area contributed by atoms with Crippen molar-refractivity contribution in [2.45, 2.75) is 33.4 Å². The zero-order valence-corrected chi connectivity index (χ0v) is 13.6. The van der Waals surface area contributed by atoms with Crippen LogP contribution in [0.1, 0.15) is 19.0 Å². The Morgan fingerprint density at radius 1 is 1.23 bits per heavy atom. The minimum Gasteiger partial charge on any atom is -0.340 e. The van der Waals surface area contributed by atoms with E-state index in [0.717, 1.165) is 49.5 Å². The normalized spacial score (nSPS) is 16.6. The fourth-order valence-corrected chi connectivity index (χ4v) is 3.04. The molecule has 1 fully saturated rings. The number of rotatable bonds is 4. The van der Waals surface area contributed by atoms with Crippen LogP contribution in [0.5, 0.6) is 0 Å². The summed E-state index contributed by atoms with van der Waals surface area (Å²) in [6.45, 7) is 9.09. The first-order chi connectivity index (χ1) is 10.6. The van der Waals surface area contributed by atoms with Gasteiger partial charge in [0.25, 0.3) is 0 Å². The van der Waals surface area contributed by atoms with Crippen molar-refractivity contribution in [3.63, 3.8) is 0 Å². The topological polar surface area (TPSA) is 59.2 Å². The lowest BCUT2D eigenvalue weighted by atomic mass is 10.3. The summed E-state index contributed by atoms with van der Waals surface area (Å²) >= 11 is 0. The molecule has 1 amide bonds. The van der Waals surface area contributed by atoms with Crippen LogP contribution in [-0.4, -0.2) is 68.5 Å². The zero-order chi connectivity index (χ0) is 15.7. The maximum Gasteiger partial charge on any atom is 0.224 e. The number of aryl methyl sites for hydroxylation is 3. The highest BCUT2D eigenvalue weighted by Crippen LogP contribution is 2.18. The molecule has 0 bridgehead atoms. The summed E-state index contributed by atoms with van der Waals surface area (Å²) in [5, 5.41) is 8.94. The van der Waals surface area contributed by atoms with Crippen molar-refractivity contribution in [1.82, 2.24) is 29.4 Å². The van der Waals surface area contributed by atoms with Crippen LogP contribution in [0.2, 0.25) is 0 Å². The van der Waals surface area contributed by atoms with E-state index in [1.807, 2.05) is 27.4 Å². The molecule has 0 atom stereocenters. The minimum atomic E-state index is 0.220. The Bertz CT molecular complexity index is 665. The molecule has 0 unspecified atom stereocenters. The van der Waals surface area contributed by atoms with Gasteiger partial charge >= 0.3 is 0 Å². The van der Waals surface area contributed by atoms with Gasteiger partial charge in [0.1, 0.15) is 11.0 Å². The van der Waals surface area contributed by atoms with Crippen molar-refractivity contribution in [3.8, 4) is 0 Å². The van der Waals surface area contributed by atoms with Gasteiger partial charge in [0.15, 0.2) is 0 Å². The Morgan fingerprint density at radius 3 is 2.64 bits per heavy atom. The predicted molar refractivity (Wildman–Crippen MR) is 84.6 cm³/mol. The van der Waals surface area contributed by atoms with Crippen molar-refractivity contribution < 1.29 is 4.79 Å². The molecule has 7 heteroatoms. The van der Waals surface area contributed by atoms with Crippen LogP contribution in [-0.2, 0) is 17.9 Å². The van der Waals surface area contributed by atoms with Gasteiger partial charge in [0.2, 0.25) is 5.91 Å². The number of piperazine rings is 1. The number of amides is 1. The maximum atomic E-state index is 12.3. The Morgan fingerprint density at radius 2 is 1.95 bits per heavy atom. The van der Waals surface area contributed by atoms with Gasteiger partial charge in [-0.15, -0.1) is 0 Å². The molecule has 3 heterocycles. The maximum absolute atomic E-state index is 12.3. The van der Waals surface area contributed by atoms with E-state index in [1.54, 1.807) is 0 Å². The van der Waals surface area contributed by atoms with Gasteiger partial charge in [0, 0.05) is 39.1 Å². The number of nitrogens with zero attached hydrogens (tertiary/aromatic N) is 6. The Balaban J connectivity index is 1.66. The SMILES string of the molecule is CCn1nc(C)c2c1cnn2CCC(=O)N1CCN(C)CC1. The number of likely N-dealkylation sites (N-methyl/N-ethyl adjacent to an activating group) is 1. The van der Waals surface area contributed by atoms with Crippen LogP contribution in [0, 0.1) is 6.92 Å². The van der Waals surface area contributed by atoms with E-state index >= 15 is 0 Å². The molecular formula is C15H24N6O. The summed E-state index contributed by atoms with van der Waals surface area (Å²) in [6, 6.07) is 0. The molecule has 2 aromatic heterocycles. The average Bonchev–Trinajstić information content (AvgIpc) is 3.07. The molecule has 0 aromatic carbocycles. The number of hydrogen-bond donors (Lipinski definition) is 0. The van der Waals surface area contributed by atoms with Gasteiger partial charge in [0.05, 0.1) is 18.4 Å². The zero-order valence-electron chi connectivity index (χ0n) is 13.6. The fraction of sp³-hybridized carbons (Fsp3) is 0.667. The number of aromatic nitrogens is 4. The summed E-state index contributed by atoms with van der Waals surface area (Å²) in [5.41, 5.74) is 3.07. The molecule has 2 aromatic rings. The number of carbonyl (C=O) groups excluding carboxylic acids is 1. The van der Waals surface area contributed by atoms with Crippen molar-refractivity contribution >= 4 is 16.9 Å². The Labute approximate surface area is 130 Å². The van der Waals surface area contributed by atoms with E-state index < -0.39 is 0 Å². The second-order valence-corrected chi connectivity index (χ2v) is 5.94. The first-order valence-electron chi connectivity index (χ1n) is 7.95. The number of carbonyl (C=O) groups is 1. The molecule has 120 valence electrons. The molecule has 0 aliphatic carbocycles. The van der Waals surface area contributed by atoms with Gasteiger partial charge in [-0.1, -0.05) is 0 Å². The summed E-state index contributed by atoms with van der Waals surface area (Å²) in [5.74, 6) is 0.220. The lowest BCUT2D eigenvalue weighted by Gasteiger charge is -2.32. The summed E-state index contributed by atoms with van der Waals surface area (Å²) in [4.78, 5) is 16.5. The second-order valence-electron chi connectivity index (χ2n) is 5.94. The van der Waals surface area contributed by atoms with Crippen molar-refractivity contribution in [1.29, 1.82) is 0 Å². The lowest BCUT2D eigenvalue weighted by molar-refractivity contribution is -0.133. The molecule has 1 aliphatic rings. The van der Waals surface area contributed by atoms with E-state index in [0.29, 0.717) is 13.0 Å². The molecule has 1 saturated heterocycles. The van der Waals surface area contributed by atoms with Crippen LogP contribution in [0.3, 0.4) is 0 Å². The smallest absolute Gasteiger partial charge is 0.224 e. The van der Waals surface area contributed by atoms with Crippen molar-refractivity contribution in [3.05, 3.63) is 11.9 Å². The first-order valence-corrected chi connectivity index (χ1v) is 7.95. The van der Waals surface area contributed by atoms with Gasteiger partial charge in [-0.2, -0.15) is 10.2 Å². The van der Waals surface area contributed by atoms with Gasteiger partial charge in [-0.05, 0) is 20.9 Å². The van der Waals surface area contributed by atoms with Crippen LogP contribution in [0.25, 0.3) is 11.0 Å². The molecule has 22 heavy (non-hydrogen) atoms. The third-order valence-electron chi connectivity index (χ3n) is 4.40. The highest BCUT2D eigenvalue weighted by molar-refractivity contribution is 5.79. The molecule has 0 spiro atoms. The fourth-order valence-electron chi connectivity index (χ4n) is 3.04. The van der Waals surface area contributed by atoms with E-state index in [1.165, 1.54) is 0 Å². The van der Waals surface area contributed by atoms with Crippen molar-refractivity contribution in [2.24, 2.45) is 0 Å². The van der Waals surface area contributed by atoms with Crippen LogP contribution >= 0.6 is 0 Å². The average molecular weight is 304 g/mol. The van der Waals surface area contributed by atoms with Crippen LogP contribution in [0.15, 0.2) is 6.20 Å². The monoisotopic (exact) mass is 304 g/mol. The molecular weight excluding hydrogens is 280 g/mol. The summed E-state index contributed by atoms with van der Waals surface area (Å²) in [7, 11) is 2.09. The lowest BCUT2D eigenvalue weighted by Crippen LogP contribution is -2.47. The standard InChI is InChI=1S/C15H24N6O/c1-4-20-13-11-16-21(15(13)12(2)17-20)6-5-14(22)19-9-7-18(3)8-10-19/h11H,4-10H2,1-3H3. The second kappa shape index (κ2) is 6.08. The Hall–Kier alpha value is -1.89. The van der Waals surface area contributed by atoms with Gasteiger partial charge in [-0.25, -0.2) is 0 Å². The molecule has 7 nitrogen and oxygen atoms in total. The molecule has 0 N–H and O–H groups in total. The molecule has 0 radical (unpaired) electrons. The van der Waals surface area contributed by atoms with E-state index in [9.17, 15) is 4.79 Å². The van der Waals surface area contributed by atoms with E-state index in [4.69, 9.17) is 0 Å². The van der Waals surface area contributed by atoms with E-state index in [2.05, 4.69) is 29.1 Å². The van der Waals surface area contributed by atoms with Gasteiger partial charge in [-0.3, -0.25) is 14.2 Å². The molecule has 0 saturated carbocycles. The number of hydrogen-bond acceptors (Lipinski definition) is 4. The highest BCUT2D eigenvalue weighted by atomic mass is 16.2. The first kappa shape index (κ1) is 15.0. The largest absolute Gasteiger partial charge is 0.340 e. The third-order valence-corrected chi connectivity index (χ3v) is 4.40. The Kier molecular flexibility index (Phi) is 4.15. The third kappa shape index (κ3) is 2.72. The van der Waals surface area contributed by atoms with E-state index in [-0.39, 0.29) is 5.91 Å². The molecule has 3 rings (SSSR count). The van der Waals surface area contributed by atoms with Crippen LogP contribution in [0.4, 0.5) is 0 Å². The quantitative estimate of drug-likeness (QED) is 0.835. The van der Waals surface area contributed by atoms with Gasteiger partial charge < -0.3 is 9.80 Å². The summed E-state index contributed by atoms with van der Waals surface area (Å²) in [6.07, 6.45) is 2.34. The van der Waals surface area contributed by atoms with Crippen molar-refractivity contribution in [2.75, 3.05) is 33.2 Å².